The Morgan fingerprint density at radius 2 is 1.96 bits per heavy atom. The molecule has 3 rings (SSSR count). The lowest BCUT2D eigenvalue weighted by atomic mass is 10.2. The maximum atomic E-state index is 14.1. The summed E-state index contributed by atoms with van der Waals surface area (Å²) in [6.07, 6.45) is 1.46. The monoisotopic (exact) mass is 377 g/mol. The molecule has 0 amide bonds. The third-order valence-electron chi connectivity index (χ3n) is 3.33. The highest BCUT2D eigenvalue weighted by Crippen LogP contribution is 2.20. The van der Waals surface area contributed by atoms with Gasteiger partial charge in [0.2, 0.25) is 5.13 Å². The van der Waals surface area contributed by atoms with E-state index in [0.29, 0.717) is 16.3 Å². The predicted molar refractivity (Wildman–Crippen MR) is 95.2 cm³/mol. The van der Waals surface area contributed by atoms with Crippen molar-refractivity contribution in [2.75, 3.05) is 5.43 Å². The highest BCUT2D eigenvalue weighted by molar-refractivity contribution is 7.13. The Labute approximate surface area is 152 Å². The molecular weight excluding hydrogens is 363 g/mol. The van der Waals surface area contributed by atoms with Crippen LogP contribution in [0.3, 0.4) is 0 Å². The van der Waals surface area contributed by atoms with Crippen LogP contribution < -0.4 is 10.2 Å². The van der Waals surface area contributed by atoms with Crippen LogP contribution in [0.4, 0.5) is 18.3 Å². The molecule has 0 aliphatic heterocycles. The molecule has 8 heteroatoms. The van der Waals surface area contributed by atoms with Crippen LogP contribution in [0.15, 0.2) is 46.9 Å². The number of halogens is 3. The van der Waals surface area contributed by atoms with Crippen molar-refractivity contribution in [1.29, 1.82) is 0 Å². The van der Waals surface area contributed by atoms with Crippen LogP contribution in [0, 0.1) is 24.4 Å². The minimum Gasteiger partial charge on any atom is -0.486 e. The van der Waals surface area contributed by atoms with E-state index in [1.807, 2.05) is 12.3 Å². The second kappa shape index (κ2) is 8.01. The van der Waals surface area contributed by atoms with Crippen molar-refractivity contribution >= 4 is 22.7 Å². The first-order valence-electron chi connectivity index (χ1n) is 7.59. The van der Waals surface area contributed by atoms with Crippen LogP contribution in [0.5, 0.6) is 5.75 Å². The van der Waals surface area contributed by atoms with Crippen molar-refractivity contribution in [3.05, 3.63) is 76.1 Å². The normalized spacial score (nSPS) is 11.1. The molecular formula is C18H14F3N3OS. The van der Waals surface area contributed by atoms with Crippen molar-refractivity contribution in [3.8, 4) is 5.75 Å². The molecule has 0 saturated heterocycles. The maximum Gasteiger partial charge on any atom is 0.203 e. The fraction of sp³-hybridized carbons (Fsp3) is 0.111. The lowest BCUT2D eigenvalue weighted by Gasteiger charge is -2.08. The quantitative estimate of drug-likeness (QED) is 0.491. The van der Waals surface area contributed by atoms with Crippen molar-refractivity contribution in [2.45, 2.75) is 13.5 Å². The zero-order valence-electron chi connectivity index (χ0n) is 13.7. The van der Waals surface area contributed by atoms with Gasteiger partial charge in [-0.1, -0.05) is 6.07 Å². The van der Waals surface area contributed by atoms with E-state index in [1.165, 1.54) is 35.8 Å². The number of hydrazone groups is 1. The van der Waals surface area contributed by atoms with E-state index in [2.05, 4.69) is 15.5 Å². The third kappa shape index (κ3) is 4.60. The summed E-state index contributed by atoms with van der Waals surface area (Å²) >= 11 is 1.42. The summed E-state index contributed by atoms with van der Waals surface area (Å²) in [5.41, 5.74) is 4.58. The van der Waals surface area contributed by atoms with Gasteiger partial charge >= 0.3 is 0 Å². The molecule has 0 bridgehead atoms. The number of nitrogens with zero attached hydrogens (tertiary/aromatic N) is 2. The van der Waals surface area contributed by atoms with Gasteiger partial charge in [0.15, 0.2) is 23.2 Å². The summed E-state index contributed by atoms with van der Waals surface area (Å²) < 4.78 is 45.5. The van der Waals surface area contributed by atoms with E-state index in [9.17, 15) is 13.2 Å². The van der Waals surface area contributed by atoms with Crippen LogP contribution in [0.25, 0.3) is 0 Å². The highest BCUT2D eigenvalue weighted by atomic mass is 32.1. The molecule has 1 heterocycles. The number of ether oxygens (including phenoxy) is 1. The molecule has 3 aromatic rings. The van der Waals surface area contributed by atoms with Crippen molar-refractivity contribution in [1.82, 2.24) is 4.98 Å². The largest absolute Gasteiger partial charge is 0.486 e. The van der Waals surface area contributed by atoms with E-state index < -0.39 is 17.5 Å². The van der Waals surface area contributed by atoms with Gasteiger partial charge in [-0.15, -0.1) is 11.3 Å². The number of thiazole rings is 1. The van der Waals surface area contributed by atoms with Gasteiger partial charge in [0.25, 0.3) is 0 Å². The Bertz CT molecular complexity index is 943. The second-order valence-electron chi connectivity index (χ2n) is 5.39. The number of aryl methyl sites for hydroxylation is 1. The summed E-state index contributed by atoms with van der Waals surface area (Å²) in [6.45, 7) is 1.80. The number of aromatic nitrogens is 1. The molecule has 0 spiro atoms. The van der Waals surface area contributed by atoms with Gasteiger partial charge in [-0.25, -0.2) is 18.2 Å². The summed E-state index contributed by atoms with van der Waals surface area (Å²) in [5, 5.41) is 6.53. The Balaban J connectivity index is 1.60. The van der Waals surface area contributed by atoms with Gasteiger partial charge in [0.05, 0.1) is 11.9 Å². The van der Waals surface area contributed by atoms with Gasteiger partial charge < -0.3 is 4.74 Å². The van der Waals surface area contributed by atoms with Crippen LogP contribution in [0.2, 0.25) is 0 Å². The maximum absolute atomic E-state index is 14.1. The predicted octanol–water partition coefficient (Wildman–Crippen LogP) is 4.89. The first kappa shape index (κ1) is 17.9. The molecule has 0 aliphatic carbocycles. The average Bonchev–Trinajstić information content (AvgIpc) is 3.02. The second-order valence-corrected chi connectivity index (χ2v) is 6.25. The molecule has 0 unspecified atom stereocenters. The lowest BCUT2D eigenvalue weighted by molar-refractivity contribution is 0.289. The number of benzene rings is 2. The minimum absolute atomic E-state index is 0.00962. The number of rotatable bonds is 6. The Kier molecular flexibility index (Phi) is 5.52. The molecule has 4 nitrogen and oxygen atoms in total. The van der Waals surface area contributed by atoms with Gasteiger partial charge in [0.1, 0.15) is 6.61 Å². The SMILES string of the molecule is Cc1csc(NN=Cc2ccc(OCc3ccc(F)c(F)c3)c(F)c2)n1. The van der Waals surface area contributed by atoms with Gasteiger partial charge in [-0.3, -0.25) is 5.43 Å². The van der Waals surface area contributed by atoms with Crippen LogP contribution >= 0.6 is 11.3 Å². The van der Waals surface area contributed by atoms with E-state index >= 15 is 0 Å². The van der Waals surface area contributed by atoms with Crippen molar-refractivity contribution < 1.29 is 17.9 Å². The minimum atomic E-state index is -0.971. The smallest absolute Gasteiger partial charge is 0.203 e. The number of hydrogen-bond donors (Lipinski definition) is 1. The zero-order chi connectivity index (χ0) is 18.5. The van der Waals surface area contributed by atoms with Crippen molar-refractivity contribution in [3.63, 3.8) is 0 Å². The molecule has 2 aromatic carbocycles. The highest BCUT2D eigenvalue weighted by Gasteiger charge is 2.07. The van der Waals surface area contributed by atoms with E-state index in [-0.39, 0.29) is 12.4 Å². The van der Waals surface area contributed by atoms with Crippen LogP contribution in [-0.2, 0) is 6.61 Å². The average molecular weight is 377 g/mol. The first-order valence-corrected chi connectivity index (χ1v) is 8.47. The van der Waals surface area contributed by atoms with Gasteiger partial charge in [-0.05, 0) is 48.4 Å². The number of hydrogen-bond acceptors (Lipinski definition) is 5. The molecule has 0 aliphatic rings. The molecule has 1 aromatic heterocycles. The van der Waals surface area contributed by atoms with Gasteiger partial charge in [-0.2, -0.15) is 5.10 Å². The molecule has 0 radical (unpaired) electrons. The standard InChI is InChI=1S/C18H14F3N3OS/c1-11-10-26-18(23-11)24-22-8-12-3-5-17(16(21)6-12)25-9-13-2-4-14(19)15(20)7-13/h2-8,10H,9H2,1H3,(H,23,24). The topological polar surface area (TPSA) is 46.5 Å². The summed E-state index contributed by atoms with van der Waals surface area (Å²) in [4.78, 5) is 4.19. The number of anilines is 1. The molecule has 0 saturated carbocycles. The third-order valence-corrected chi connectivity index (χ3v) is 4.19. The van der Waals surface area contributed by atoms with E-state index in [4.69, 9.17) is 4.74 Å². The van der Waals surface area contributed by atoms with E-state index in [0.717, 1.165) is 17.8 Å². The fourth-order valence-electron chi connectivity index (χ4n) is 2.07. The Morgan fingerprint density at radius 3 is 2.65 bits per heavy atom. The summed E-state index contributed by atoms with van der Waals surface area (Å²) in [5.74, 6) is -2.48. The van der Waals surface area contributed by atoms with Crippen LogP contribution in [0.1, 0.15) is 16.8 Å². The molecule has 1 N–H and O–H groups in total. The van der Waals surface area contributed by atoms with Gasteiger partial charge in [0, 0.05) is 5.38 Å². The Hall–Kier alpha value is -2.87. The number of nitrogens with one attached hydrogen (secondary N) is 1. The molecule has 134 valence electrons. The Morgan fingerprint density at radius 1 is 1.12 bits per heavy atom. The molecule has 0 fully saturated rings. The fourth-order valence-corrected chi connectivity index (χ4v) is 2.71. The first-order chi connectivity index (χ1) is 12.5. The summed E-state index contributed by atoms with van der Waals surface area (Å²) in [7, 11) is 0. The zero-order valence-corrected chi connectivity index (χ0v) is 14.5. The lowest BCUT2D eigenvalue weighted by Crippen LogP contribution is -1.99. The van der Waals surface area contributed by atoms with E-state index in [1.54, 1.807) is 6.07 Å². The molecule has 26 heavy (non-hydrogen) atoms. The summed E-state index contributed by atoms with van der Waals surface area (Å²) in [6, 6.07) is 7.73. The molecule has 0 atom stereocenters. The van der Waals surface area contributed by atoms with Crippen LogP contribution in [-0.4, -0.2) is 11.2 Å². The van der Waals surface area contributed by atoms with Crippen molar-refractivity contribution in [2.24, 2.45) is 5.10 Å².